The molecule has 30 heavy (non-hydrogen) atoms. The number of aryl methyl sites for hydroxylation is 3. The zero-order valence-electron chi connectivity index (χ0n) is 18.6. The van der Waals surface area contributed by atoms with Gasteiger partial charge in [0.05, 0.1) is 35.4 Å². The van der Waals surface area contributed by atoms with Crippen LogP contribution in [0, 0.1) is 13.8 Å². The lowest BCUT2D eigenvalue weighted by atomic mass is 9.96. The van der Waals surface area contributed by atoms with Gasteiger partial charge in [-0.2, -0.15) is 0 Å². The van der Waals surface area contributed by atoms with E-state index in [1.165, 1.54) is 60.1 Å². The highest BCUT2D eigenvalue weighted by atomic mass is 28.3. The summed E-state index contributed by atoms with van der Waals surface area (Å²) in [7, 11) is 0.716. The Hall–Kier alpha value is -2.91. The van der Waals surface area contributed by atoms with Gasteiger partial charge in [0.2, 0.25) is 5.52 Å². The van der Waals surface area contributed by atoms with Crippen molar-refractivity contribution in [3.05, 3.63) is 65.9 Å². The van der Waals surface area contributed by atoms with Crippen molar-refractivity contribution in [3.63, 3.8) is 0 Å². The summed E-state index contributed by atoms with van der Waals surface area (Å²) in [5, 5.41) is 8.48. The third-order valence-electron chi connectivity index (χ3n) is 7.04. The first-order valence-corrected chi connectivity index (χ1v) is 14.3. The van der Waals surface area contributed by atoms with E-state index in [0.717, 1.165) is 0 Å². The quantitative estimate of drug-likeness (QED) is 0.137. The summed E-state index contributed by atoms with van der Waals surface area (Å²) in [4.78, 5) is 0. The minimum absolute atomic E-state index is 1.30. The minimum atomic E-state index is -1.48. The Balaban J connectivity index is 2.08. The molecule has 0 unspecified atom stereocenters. The van der Waals surface area contributed by atoms with Crippen LogP contribution in [0.1, 0.15) is 11.1 Å². The fourth-order valence-electron chi connectivity index (χ4n) is 5.51. The number of para-hydroxylation sites is 1. The monoisotopic (exact) mass is 407 g/mol. The number of benzene rings is 3. The standard InChI is InChI=1S/C27H27N2Si/c1-16-15-20-18-9-7-8-10-21(18)29-22-11-12-23(30(4,5)6)19-13-14-28(3)27(25(19)22)24(17(16)2)26(20)29/h7-15H,1-6H3/q+1. The van der Waals surface area contributed by atoms with Gasteiger partial charge in [0, 0.05) is 16.8 Å². The molecule has 6 aromatic rings. The molecule has 0 radical (unpaired) electrons. The first-order chi connectivity index (χ1) is 14.3. The van der Waals surface area contributed by atoms with Gasteiger partial charge in [-0.05, 0) is 48.6 Å². The highest BCUT2D eigenvalue weighted by Gasteiger charge is 2.27. The van der Waals surface area contributed by atoms with Crippen LogP contribution in [0.2, 0.25) is 19.6 Å². The van der Waals surface area contributed by atoms with Gasteiger partial charge < -0.3 is 4.40 Å². The van der Waals surface area contributed by atoms with Crippen LogP contribution in [-0.2, 0) is 7.05 Å². The van der Waals surface area contributed by atoms with Crippen molar-refractivity contribution in [1.82, 2.24) is 4.40 Å². The molecule has 0 aliphatic carbocycles. The summed E-state index contributed by atoms with van der Waals surface area (Å²) in [6.07, 6.45) is 2.26. The Morgan fingerprint density at radius 1 is 0.800 bits per heavy atom. The van der Waals surface area contributed by atoms with Gasteiger partial charge in [-0.3, -0.25) is 0 Å². The molecule has 2 nitrogen and oxygen atoms in total. The van der Waals surface area contributed by atoms with Crippen LogP contribution in [-0.4, -0.2) is 12.5 Å². The molecule has 0 fully saturated rings. The highest BCUT2D eigenvalue weighted by Crippen LogP contribution is 2.41. The van der Waals surface area contributed by atoms with Crippen LogP contribution in [0.15, 0.2) is 54.7 Å². The first kappa shape index (κ1) is 17.9. The maximum atomic E-state index is 2.52. The van der Waals surface area contributed by atoms with E-state index in [0.29, 0.717) is 0 Å². The Labute approximate surface area is 177 Å². The third kappa shape index (κ3) is 2.06. The Kier molecular flexibility index (Phi) is 3.35. The average molecular weight is 408 g/mol. The second-order valence-corrected chi connectivity index (χ2v) is 14.9. The van der Waals surface area contributed by atoms with Crippen molar-refractivity contribution < 1.29 is 4.57 Å². The maximum absolute atomic E-state index is 2.52. The predicted molar refractivity (Wildman–Crippen MR) is 132 cm³/mol. The number of rotatable bonds is 1. The largest absolute Gasteiger partial charge is 0.307 e. The SMILES string of the molecule is Cc1cc2c3ccccc3n3c4ccc([Si](C)(C)C)c5cc[n+](C)c(c(c1C)c23)c54. The number of nitrogens with zero attached hydrogens (tertiary/aromatic N) is 2. The normalized spacial score (nSPS) is 13.0. The molecule has 0 aliphatic rings. The third-order valence-corrected chi connectivity index (χ3v) is 9.09. The van der Waals surface area contributed by atoms with Crippen molar-refractivity contribution in [2.45, 2.75) is 33.5 Å². The average Bonchev–Trinajstić information content (AvgIpc) is 3.03. The molecule has 0 bridgehead atoms. The molecule has 0 saturated heterocycles. The summed E-state index contributed by atoms with van der Waals surface area (Å²) >= 11 is 0. The molecule has 3 aromatic heterocycles. The smallest absolute Gasteiger partial charge is 0.224 e. The molecule has 3 aromatic carbocycles. The lowest BCUT2D eigenvalue weighted by molar-refractivity contribution is -0.643. The van der Waals surface area contributed by atoms with Crippen molar-refractivity contribution in [1.29, 1.82) is 0 Å². The molecule has 0 N–H and O–H groups in total. The number of pyridine rings is 2. The Morgan fingerprint density at radius 3 is 2.33 bits per heavy atom. The van der Waals surface area contributed by atoms with Crippen LogP contribution in [0.5, 0.6) is 0 Å². The fourth-order valence-corrected chi connectivity index (χ4v) is 7.11. The van der Waals surface area contributed by atoms with Gasteiger partial charge in [0.1, 0.15) is 7.05 Å². The Bertz CT molecular complexity index is 1650. The molecular weight excluding hydrogens is 380 g/mol. The van der Waals surface area contributed by atoms with E-state index < -0.39 is 8.07 Å². The molecule has 3 heteroatoms. The summed E-state index contributed by atoms with van der Waals surface area (Å²) in [5.41, 5.74) is 8.10. The van der Waals surface area contributed by atoms with Gasteiger partial charge in [-0.15, -0.1) is 0 Å². The lowest BCUT2D eigenvalue weighted by Gasteiger charge is -2.21. The molecule has 0 amide bonds. The molecular formula is C27H27N2Si+. The van der Waals surface area contributed by atoms with Gasteiger partial charge >= 0.3 is 0 Å². The first-order valence-electron chi connectivity index (χ1n) is 10.8. The topological polar surface area (TPSA) is 8.29 Å². The van der Waals surface area contributed by atoms with E-state index in [1.807, 2.05) is 0 Å². The minimum Gasteiger partial charge on any atom is -0.307 e. The Morgan fingerprint density at radius 2 is 1.57 bits per heavy atom. The molecule has 0 saturated carbocycles. The second kappa shape index (κ2) is 5.61. The van der Waals surface area contributed by atoms with Gasteiger partial charge in [-0.1, -0.05) is 49.1 Å². The van der Waals surface area contributed by atoms with Crippen LogP contribution in [0.4, 0.5) is 0 Å². The fraction of sp³-hybridized carbons (Fsp3) is 0.222. The zero-order chi connectivity index (χ0) is 20.9. The highest BCUT2D eigenvalue weighted by molar-refractivity contribution is 6.90. The van der Waals surface area contributed by atoms with Crippen molar-refractivity contribution >= 4 is 62.3 Å². The summed E-state index contributed by atoms with van der Waals surface area (Å²) in [5.74, 6) is 0. The molecule has 0 atom stereocenters. The molecule has 3 heterocycles. The van der Waals surface area contributed by atoms with Crippen LogP contribution >= 0.6 is 0 Å². The second-order valence-electron chi connectivity index (χ2n) is 9.89. The van der Waals surface area contributed by atoms with Crippen molar-refractivity contribution in [2.24, 2.45) is 7.05 Å². The number of hydrogen-bond donors (Lipinski definition) is 0. The van der Waals surface area contributed by atoms with Crippen LogP contribution in [0.25, 0.3) is 49.0 Å². The van der Waals surface area contributed by atoms with Gasteiger partial charge in [0.15, 0.2) is 6.20 Å². The van der Waals surface area contributed by atoms with E-state index >= 15 is 0 Å². The number of fused-ring (bicyclic) bond motifs is 5. The summed E-state index contributed by atoms with van der Waals surface area (Å²) < 4.78 is 4.86. The van der Waals surface area contributed by atoms with E-state index in [-0.39, 0.29) is 0 Å². The van der Waals surface area contributed by atoms with Crippen LogP contribution in [0.3, 0.4) is 0 Å². The molecule has 148 valence electrons. The zero-order valence-corrected chi connectivity index (χ0v) is 19.6. The molecule has 0 spiro atoms. The summed E-state index contributed by atoms with van der Waals surface area (Å²) in [6, 6.07) is 18.4. The van der Waals surface area contributed by atoms with E-state index in [2.05, 4.69) is 104 Å². The molecule has 6 rings (SSSR count). The van der Waals surface area contributed by atoms with E-state index in [1.54, 1.807) is 5.19 Å². The molecule has 0 aliphatic heterocycles. The summed E-state index contributed by atoms with van der Waals surface area (Å²) in [6.45, 7) is 11.9. The predicted octanol–water partition coefficient (Wildman–Crippen LogP) is 5.98. The van der Waals surface area contributed by atoms with Crippen LogP contribution < -0.4 is 9.75 Å². The van der Waals surface area contributed by atoms with Gasteiger partial charge in [-0.25, -0.2) is 4.57 Å². The van der Waals surface area contributed by atoms with Crippen molar-refractivity contribution in [2.75, 3.05) is 0 Å². The van der Waals surface area contributed by atoms with Crippen molar-refractivity contribution in [3.8, 4) is 0 Å². The van der Waals surface area contributed by atoms with E-state index in [9.17, 15) is 0 Å². The lowest BCUT2D eigenvalue weighted by Crippen LogP contribution is -2.39. The van der Waals surface area contributed by atoms with E-state index in [4.69, 9.17) is 0 Å². The maximum Gasteiger partial charge on any atom is 0.224 e. The number of hydrogen-bond acceptors (Lipinski definition) is 0. The number of aromatic nitrogens is 2. The van der Waals surface area contributed by atoms with Gasteiger partial charge in [0.25, 0.3) is 0 Å².